The summed E-state index contributed by atoms with van der Waals surface area (Å²) in [5.74, 6) is -0.444. The van der Waals surface area contributed by atoms with Crippen molar-refractivity contribution in [3.63, 3.8) is 0 Å². The number of carbonyl (C=O) groups is 2. The van der Waals surface area contributed by atoms with Crippen LogP contribution in [0, 0.1) is 11.7 Å². The molecule has 0 radical (unpaired) electrons. The zero-order valence-corrected chi connectivity index (χ0v) is 13.2. The molecule has 4 nitrogen and oxygen atoms in total. The van der Waals surface area contributed by atoms with Crippen LogP contribution in [-0.2, 0) is 11.3 Å². The predicted molar refractivity (Wildman–Crippen MR) is 90.0 cm³/mol. The highest BCUT2D eigenvalue weighted by Gasteiger charge is 2.25. The lowest BCUT2D eigenvalue weighted by Gasteiger charge is -2.24. The maximum atomic E-state index is 12.9. The molecule has 1 aliphatic carbocycles. The molecule has 0 unspecified atom stereocenters. The van der Waals surface area contributed by atoms with Gasteiger partial charge in [-0.15, -0.1) is 0 Å². The van der Waals surface area contributed by atoms with E-state index in [0.29, 0.717) is 12.1 Å². The molecule has 2 aromatic rings. The Balaban J connectivity index is 1.57. The zero-order valence-electron chi connectivity index (χ0n) is 13.2. The summed E-state index contributed by atoms with van der Waals surface area (Å²) in [7, 11) is 0. The van der Waals surface area contributed by atoms with E-state index in [4.69, 9.17) is 0 Å². The van der Waals surface area contributed by atoms with Crippen molar-refractivity contribution < 1.29 is 14.0 Å². The highest BCUT2D eigenvalue weighted by atomic mass is 19.1. The van der Waals surface area contributed by atoms with Gasteiger partial charge in [-0.3, -0.25) is 9.59 Å². The highest BCUT2D eigenvalue weighted by Crippen LogP contribution is 2.27. The quantitative estimate of drug-likeness (QED) is 0.883. The molecule has 124 valence electrons. The maximum Gasteiger partial charge on any atom is 0.251 e. The first kappa shape index (κ1) is 16.2. The fourth-order valence-corrected chi connectivity index (χ4v) is 2.56. The summed E-state index contributed by atoms with van der Waals surface area (Å²) in [4.78, 5) is 24.0. The van der Waals surface area contributed by atoms with Crippen LogP contribution in [-0.4, -0.2) is 11.8 Å². The SMILES string of the molecule is O=C(NCc1cccc(NC(=O)C2CCC2)c1)c1ccc(F)cc1. The van der Waals surface area contributed by atoms with E-state index in [-0.39, 0.29) is 23.5 Å². The molecule has 1 saturated carbocycles. The van der Waals surface area contributed by atoms with Gasteiger partial charge in [-0.25, -0.2) is 4.39 Å². The Labute approximate surface area is 140 Å². The highest BCUT2D eigenvalue weighted by molar-refractivity contribution is 5.94. The third kappa shape index (κ3) is 3.98. The van der Waals surface area contributed by atoms with Crippen LogP contribution in [0.2, 0.25) is 0 Å². The molecule has 0 spiro atoms. The van der Waals surface area contributed by atoms with E-state index in [0.717, 1.165) is 30.5 Å². The lowest BCUT2D eigenvalue weighted by molar-refractivity contribution is -0.122. The minimum Gasteiger partial charge on any atom is -0.348 e. The van der Waals surface area contributed by atoms with Crippen LogP contribution in [0.3, 0.4) is 0 Å². The Kier molecular flexibility index (Phi) is 4.89. The summed E-state index contributed by atoms with van der Waals surface area (Å²) in [6.45, 7) is 0.337. The van der Waals surface area contributed by atoms with Crippen LogP contribution >= 0.6 is 0 Å². The molecule has 1 fully saturated rings. The average molecular weight is 326 g/mol. The van der Waals surface area contributed by atoms with Gasteiger partial charge in [0.05, 0.1) is 0 Å². The minimum absolute atomic E-state index is 0.0637. The van der Waals surface area contributed by atoms with Crippen molar-refractivity contribution in [2.45, 2.75) is 25.8 Å². The lowest BCUT2D eigenvalue weighted by atomic mass is 9.85. The predicted octanol–water partition coefficient (Wildman–Crippen LogP) is 3.49. The van der Waals surface area contributed by atoms with E-state index < -0.39 is 0 Å². The summed E-state index contributed by atoms with van der Waals surface area (Å²) >= 11 is 0. The van der Waals surface area contributed by atoms with Gasteiger partial charge >= 0.3 is 0 Å². The first-order chi connectivity index (χ1) is 11.6. The van der Waals surface area contributed by atoms with E-state index >= 15 is 0 Å². The number of anilines is 1. The molecule has 2 amide bonds. The number of benzene rings is 2. The second-order valence-corrected chi connectivity index (χ2v) is 6.01. The molecule has 2 aromatic carbocycles. The zero-order chi connectivity index (χ0) is 16.9. The molecule has 0 atom stereocenters. The van der Waals surface area contributed by atoms with Gasteiger partial charge < -0.3 is 10.6 Å². The molecule has 3 rings (SSSR count). The topological polar surface area (TPSA) is 58.2 Å². The van der Waals surface area contributed by atoms with Crippen LogP contribution in [0.15, 0.2) is 48.5 Å². The summed E-state index contributed by atoms with van der Waals surface area (Å²) in [5, 5.41) is 5.70. The number of carbonyl (C=O) groups excluding carboxylic acids is 2. The first-order valence-corrected chi connectivity index (χ1v) is 8.05. The number of hydrogen-bond acceptors (Lipinski definition) is 2. The van der Waals surface area contributed by atoms with Crippen molar-refractivity contribution in [3.05, 3.63) is 65.5 Å². The summed E-state index contributed by atoms with van der Waals surface area (Å²) in [6.07, 6.45) is 3.03. The number of hydrogen-bond donors (Lipinski definition) is 2. The van der Waals surface area contributed by atoms with E-state index in [2.05, 4.69) is 10.6 Å². The summed E-state index contributed by atoms with van der Waals surface area (Å²) in [6, 6.07) is 12.8. The normalized spacial score (nSPS) is 13.9. The van der Waals surface area contributed by atoms with Gasteiger partial charge in [-0.1, -0.05) is 18.6 Å². The second kappa shape index (κ2) is 7.25. The van der Waals surface area contributed by atoms with Crippen molar-refractivity contribution in [1.82, 2.24) is 5.32 Å². The molecule has 5 heteroatoms. The van der Waals surface area contributed by atoms with E-state index in [1.165, 1.54) is 24.3 Å². The lowest BCUT2D eigenvalue weighted by Crippen LogP contribution is -2.28. The molecule has 0 aliphatic heterocycles. The Hall–Kier alpha value is -2.69. The summed E-state index contributed by atoms with van der Waals surface area (Å²) < 4.78 is 12.9. The molecule has 24 heavy (non-hydrogen) atoms. The maximum absolute atomic E-state index is 12.9. The van der Waals surface area contributed by atoms with Crippen LogP contribution in [0.5, 0.6) is 0 Å². The van der Waals surface area contributed by atoms with Crippen molar-refractivity contribution in [2.75, 3.05) is 5.32 Å². The van der Waals surface area contributed by atoms with Gasteiger partial charge in [0.1, 0.15) is 5.82 Å². The molecule has 1 aliphatic rings. The second-order valence-electron chi connectivity index (χ2n) is 6.01. The fraction of sp³-hybridized carbons (Fsp3) is 0.263. The van der Waals surface area contributed by atoms with Crippen molar-refractivity contribution >= 4 is 17.5 Å². The molecular formula is C19H19FN2O2. The number of amides is 2. The van der Waals surface area contributed by atoms with Crippen LogP contribution in [0.1, 0.15) is 35.2 Å². The Morgan fingerprint density at radius 3 is 2.50 bits per heavy atom. The van der Waals surface area contributed by atoms with Gasteiger partial charge in [0, 0.05) is 23.7 Å². The van der Waals surface area contributed by atoms with Gasteiger partial charge in [0.15, 0.2) is 0 Å². The molecular weight excluding hydrogens is 307 g/mol. The minimum atomic E-state index is -0.374. The standard InChI is InChI=1S/C19H19FN2O2/c20-16-9-7-15(8-10-16)18(23)21-12-13-3-1-6-17(11-13)22-19(24)14-4-2-5-14/h1,3,6-11,14H,2,4-5,12H2,(H,21,23)(H,22,24). The van der Waals surface area contributed by atoms with E-state index in [1.54, 1.807) is 0 Å². The average Bonchev–Trinajstić information content (AvgIpc) is 2.52. The number of nitrogens with one attached hydrogen (secondary N) is 2. The summed E-state index contributed by atoms with van der Waals surface area (Å²) in [5.41, 5.74) is 2.03. The van der Waals surface area contributed by atoms with Gasteiger partial charge in [-0.2, -0.15) is 0 Å². The first-order valence-electron chi connectivity index (χ1n) is 8.05. The molecule has 0 heterocycles. The fourth-order valence-electron chi connectivity index (χ4n) is 2.56. The third-order valence-corrected chi connectivity index (χ3v) is 4.23. The smallest absolute Gasteiger partial charge is 0.251 e. The van der Waals surface area contributed by atoms with Crippen LogP contribution in [0.25, 0.3) is 0 Å². The monoisotopic (exact) mass is 326 g/mol. The Morgan fingerprint density at radius 1 is 1.08 bits per heavy atom. The molecule has 0 saturated heterocycles. The number of halogens is 1. The molecule has 0 aromatic heterocycles. The van der Waals surface area contributed by atoms with Gasteiger partial charge in [0.25, 0.3) is 5.91 Å². The van der Waals surface area contributed by atoms with E-state index in [1.807, 2.05) is 24.3 Å². The van der Waals surface area contributed by atoms with Crippen LogP contribution in [0.4, 0.5) is 10.1 Å². The largest absolute Gasteiger partial charge is 0.348 e. The molecule has 2 N–H and O–H groups in total. The number of rotatable bonds is 5. The van der Waals surface area contributed by atoms with Crippen molar-refractivity contribution in [1.29, 1.82) is 0 Å². The van der Waals surface area contributed by atoms with Gasteiger partial charge in [-0.05, 0) is 54.8 Å². The Morgan fingerprint density at radius 2 is 1.83 bits per heavy atom. The van der Waals surface area contributed by atoms with Crippen molar-refractivity contribution in [3.8, 4) is 0 Å². The van der Waals surface area contributed by atoms with E-state index in [9.17, 15) is 14.0 Å². The van der Waals surface area contributed by atoms with Crippen LogP contribution < -0.4 is 10.6 Å². The van der Waals surface area contributed by atoms with Gasteiger partial charge in [0.2, 0.25) is 5.91 Å². The third-order valence-electron chi connectivity index (χ3n) is 4.23. The van der Waals surface area contributed by atoms with Crippen molar-refractivity contribution in [2.24, 2.45) is 5.92 Å². The molecule has 0 bridgehead atoms. The Bertz CT molecular complexity index is 739.